The van der Waals surface area contributed by atoms with Crippen LogP contribution in [-0.2, 0) is 4.74 Å². The SMILES string of the molecule is COCCC1(CNc2ncnc(NN)c2Br)CC1. The van der Waals surface area contributed by atoms with Crippen LogP contribution in [0, 0.1) is 5.41 Å². The van der Waals surface area contributed by atoms with Gasteiger partial charge in [-0.25, -0.2) is 15.8 Å². The van der Waals surface area contributed by atoms with Gasteiger partial charge in [0, 0.05) is 20.3 Å². The number of hydrazine groups is 1. The average molecular weight is 316 g/mol. The molecule has 1 fully saturated rings. The Bertz CT molecular complexity index is 410. The molecule has 0 radical (unpaired) electrons. The molecule has 0 bridgehead atoms. The molecule has 0 aromatic carbocycles. The third kappa shape index (κ3) is 3.09. The minimum absolute atomic E-state index is 0.372. The van der Waals surface area contributed by atoms with Gasteiger partial charge >= 0.3 is 0 Å². The molecule has 18 heavy (non-hydrogen) atoms. The van der Waals surface area contributed by atoms with Gasteiger partial charge in [0.2, 0.25) is 0 Å². The molecule has 1 aromatic heterocycles. The van der Waals surface area contributed by atoms with E-state index in [9.17, 15) is 0 Å². The number of rotatable bonds is 7. The number of halogens is 1. The molecule has 7 heteroatoms. The van der Waals surface area contributed by atoms with Gasteiger partial charge in [-0.1, -0.05) is 0 Å². The number of anilines is 2. The molecule has 0 saturated heterocycles. The molecular weight excluding hydrogens is 298 g/mol. The predicted octanol–water partition coefficient (Wildman–Crippen LogP) is 1.75. The van der Waals surface area contributed by atoms with Gasteiger partial charge in [0.15, 0.2) is 5.82 Å². The Labute approximate surface area is 115 Å². The molecule has 100 valence electrons. The molecule has 0 spiro atoms. The summed E-state index contributed by atoms with van der Waals surface area (Å²) >= 11 is 3.43. The molecule has 1 aliphatic carbocycles. The van der Waals surface area contributed by atoms with Gasteiger partial charge in [0.1, 0.15) is 16.6 Å². The Morgan fingerprint density at radius 1 is 1.44 bits per heavy atom. The minimum atomic E-state index is 0.372. The van der Waals surface area contributed by atoms with Gasteiger partial charge < -0.3 is 15.5 Å². The number of hydrogen-bond acceptors (Lipinski definition) is 6. The van der Waals surface area contributed by atoms with Gasteiger partial charge in [0.25, 0.3) is 0 Å². The average Bonchev–Trinajstić information content (AvgIpc) is 3.16. The molecule has 1 aromatic rings. The molecule has 2 rings (SSSR count). The summed E-state index contributed by atoms with van der Waals surface area (Å²) in [6.45, 7) is 1.71. The second-order valence-electron chi connectivity index (χ2n) is 4.63. The highest BCUT2D eigenvalue weighted by Crippen LogP contribution is 2.48. The number of ether oxygens (including phenoxy) is 1. The third-order valence-corrected chi connectivity index (χ3v) is 4.10. The molecule has 6 nitrogen and oxygen atoms in total. The maximum absolute atomic E-state index is 5.36. The lowest BCUT2D eigenvalue weighted by Gasteiger charge is -2.17. The molecule has 0 aliphatic heterocycles. The van der Waals surface area contributed by atoms with E-state index in [1.54, 1.807) is 7.11 Å². The highest BCUT2D eigenvalue weighted by atomic mass is 79.9. The second kappa shape index (κ2) is 5.81. The summed E-state index contributed by atoms with van der Waals surface area (Å²) in [6, 6.07) is 0. The van der Waals surface area contributed by atoms with Crippen molar-refractivity contribution in [2.24, 2.45) is 11.3 Å². The van der Waals surface area contributed by atoms with Crippen molar-refractivity contribution < 1.29 is 4.74 Å². The first-order valence-corrected chi connectivity index (χ1v) is 6.70. The molecule has 0 atom stereocenters. The van der Waals surface area contributed by atoms with Crippen molar-refractivity contribution in [2.45, 2.75) is 19.3 Å². The lowest BCUT2D eigenvalue weighted by Crippen LogP contribution is -2.19. The standard InChI is InChI=1S/C11H18BrN5O/c1-18-5-4-11(2-3-11)6-14-9-8(12)10(17-13)16-7-15-9/h7H,2-6,13H2,1H3,(H2,14,15,16,17). The topological polar surface area (TPSA) is 85.1 Å². The third-order valence-electron chi connectivity index (χ3n) is 3.35. The van der Waals surface area contributed by atoms with Crippen LogP contribution in [0.2, 0.25) is 0 Å². The summed E-state index contributed by atoms with van der Waals surface area (Å²) < 4.78 is 5.90. The fourth-order valence-corrected chi connectivity index (χ4v) is 2.33. The van der Waals surface area contributed by atoms with Crippen LogP contribution in [0.4, 0.5) is 11.6 Å². The first-order valence-electron chi connectivity index (χ1n) is 5.91. The van der Waals surface area contributed by atoms with Gasteiger partial charge in [-0.3, -0.25) is 0 Å². The van der Waals surface area contributed by atoms with Crippen LogP contribution in [-0.4, -0.2) is 30.2 Å². The Kier molecular flexibility index (Phi) is 4.36. The number of methoxy groups -OCH3 is 1. The van der Waals surface area contributed by atoms with Crippen molar-refractivity contribution in [3.8, 4) is 0 Å². The van der Waals surface area contributed by atoms with Crippen molar-refractivity contribution in [3.05, 3.63) is 10.8 Å². The molecule has 1 saturated carbocycles. The van der Waals surface area contributed by atoms with E-state index < -0.39 is 0 Å². The summed E-state index contributed by atoms with van der Waals surface area (Å²) in [5.74, 6) is 6.71. The normalized spacial score (nSPS) is 16.4. The van der Waals surface area contributed by atoms with Crippen LogP contribution < -0.4 is 16.6 Å². The van der Waals surface area contributed by atoms with Gasteiger partial charge in [-0.15, -0.1) is 0 Å². The summed E-state index contributed by atoms with van der Waals surface area (Å²) in [6.07, 6.45) is 5.06. The summed E-state index contributed by atoms with van der Waals surface area (Å²) in [7, 11) is 1.74. The summed E-state index contributed by atoms with van der Waals surface area (Å²) in [5.41, 5.74) is 2.90. The van der Waals surface area contributed by atoms with E-state index in [1.807, 2.05) is 0 Å². The van der Waals surface area contributed by atoms with E-state index in [1.165, 1.54) is 19.2 Å². The van der Waals surface area contributed by atoms with Crippen LogP contribution in [0.5, 0.6) is 0 Å². The molecule has 1 aliphatic rings. The molecule has 4 N–H and O–H groups in total. The second-order valence-corrected chi connectivity index (χ2v) is 5.42. The van der Waals surface area contributed by atoms with Crippen molar-refractivity contribution in [3.63, 3.8) is 0 Å². The summed E-state index contributed by atoms with van der Waals surface area (Å²) in [5, 5.41) is 3.35. The predicted molar refractivity (Wildman–Crippen MR) is 74.2 cm³/mol. The van der Waals surface area contributed by atoms with Gasteiger partial charge in [0.05, 0.1) is 0 Å². The fraction of sp³-hybridized carbons (Fsp3) is 0.636. The van der Waals surface area contributed by atoms with E-state index in [-0.39, 0.29) is 0 Å². The zero-order valence-corrected chi connectivity index (χ0v) is 12.0. The van der Waals surface area contributed by atoms with E-state index in [4.69, 9.17) is 10.6 Å². The quantitative estimate of drug-likeness (QED) is 0.525. The number of nitrogens with zero attached hydrogens (tertiary/aromatic N) is 2. The van der Waals surface area contributed by atoms with E-state index in [2.05, 4.69) is 36.6 Å². The van der Waals surface area contributed by atoms with E-state index >= 15 is 0 Å². The van der Waals surface area contributed by atoms with Crippen LogP contribution in [0.25, 0.3) is 0 Å². The van der Waals surface area contributed by atoms with Crippen molar-refractivity contribution in [1.82, 2.24) is 9.97 Å². The molecule has 0 amide bonds. The lowest BCUT2D eigenvalue weighted by molar-refractivity contribution is 0.175. The Balaban J connectivity index is 1.94. The molecule has 1 heterocycles. The van der Waals surface area contributed by atoms with Crippen molar-refractivity contribution in [2.75, 3.05) is 31.0 Å². The lowest BCUT2D eigenvalue weighted by atomic mass is 10.0. The van der Waals surface area contributed by atoms with Crippen LogP contribution in [0.1, 0.15) is 19.3 Å². The maximum Gasteiger partial charge on any atom is 0.159 e. The van der Waals surface area contributed by atoms with E-state index in [0.29, 0.717) is 11.2 Å². The molecule has 0 unspecified atom stereocenters. The first kappa shape index (κ1) is 13.5. The van der Waals surface area contributed by atoms with Crippen LogP contribution in [0.3, 0.4) is 0 Å². The number of nitrogens with one attached hydrogen (secondary N) is 2. The number of nitrogen functional groups attached to an aromatic ring is 1. The van der Waals surface area contributed by atoms with Crippen LogP contribution in [0.15, 0.2) is 10.8 Å². The van der Waals surface area contributed by atoms with Crippen LogP contribution >= 0.6 is 15.9 Å². The number of aromatic nitrogens is 2. The fourth-order valence-electron chi connectivity index (χ4n) is 1.88. The van der Waals surface area contributed by atoms with E-state index in [0.717, 1.165) is 29.9 Å². The van der Waals surface area contributed by atoms with Crippen molar-refractivity contribution in [1.29, 1.82) is 0 Å². The monoisotopic (exact) mass is 315 g/mol. The smallest absolute Gasteiger partial charge is 0.159 e. The Morgan fingerprint density at radius 2 is 2.17 bits per heavy atom. The largest absolute Gasteiger partial charge is 0.385 e. The van der Waals surface area contributed by atoms with Gasteiger partial charge in [-0.05, 0) is 40.6 Å². The van der Waals surface area contributed by atoms with Gasteiger partial charge in [-0.2, -0.15) is 0 Å². The number of nitrogens with two attached hydrogens (primary N) is 1. The Hall–Kier alpha value is -0.920. The van der Waals surface area contributed by atoms with Crippen molar-refractivity contribution >= 4 is 27.6 Å². The minimum Gasteiger partial charge on any atom is -0.385 e. The first-order chi connectivity index (χ1) is 8.71. The highest BCUT2D eigenvalue weighted by molar-refractivity contribution is 9.10. The Morgan fingerprint density at radius 3 is 2.78 bits per heavy atom. The number of hydrogen-bond donors (Lipinski definition) is 3. The highest BCUT2D eigenvalue weighted by Gasteiger charge is 2.41. The summed E-state index contributed by atoms with van der Waals surface area (Å²) in [4.78, 5) is 8.22. The zero-order chi connectivity index (χ0) is 13.0. The molecular formula is C11H18BrN5O. The maximum atomic E-state index is 5.36. The zero-order valence-electron chi connectivity index (χ0n) is 10.4.